The van der Waals surface area contributed by atoms with Crippen LogP contribution in [0, 0.1) is 6.92 Å². The average molecular weight is 303 g/mol. The van der Waals surface area contributed by atoms with Gasteiger partial charge in [-0.3, -0.25) is 4.98 Å². The third-order valence-corrected chi connectivity index (χ3v) is 3.76. The van der Waals surface area contributed by atoms with Crippen LogP contribution in [0.15, 0.2) is 36.5 Å². The zero-order valence-electron chi connectivity index (χ0n) is 12.1. The normalized spacial score (nSPS) is 14.2. The van der Waals surface area contributed by atoms with Crippen molar-refractivity contribution in [3.05, 3.63) is 58.4 Å². The van der Waals surface area contributed by atoms with Crippen LogP contribution in [0.25, 0.3) is 0 Å². The van der Waals surface area contributed by atoms with Crippen LogP contribution in [-0.4, -0.2) is 11.0 Å². The van der Waals surface area contributed by atoms with Gasteiger partial charge < -0.3 is 10.1 Å². The Labute approximate surface area is 130 Å². The molecule has 0 aliphatic heterocycles. The number of nitrogens with zero attached hydrogens (tertiary/aromatic N) is 1. The molecule has 0 unspecified atom stereocenters. The van der Waals surface area contributed by atoms with Gasteiger partial charge in [0.25, 0.3) is 0 Å². The van der Waals surface area contributed by atoms with Gasteiger partial charge in [-0.1, -0.05) is 23.7 Å². The van der Waals surface area contributed by atoms with Crippen molar-refractivity contribution in [2.24, 2.45) is 0 Å². The highest BCUT2D eigenvalue weighted by Gasteiger charge is 2.20. The number of nitrogens with one attached hydrogen (secondary N) is 1. The summed E-state index contributed by atoms with van der Waals surface area (Å²) >= 11 is 6.00. The molecule has 1 N–H and O–H groups in total. The molecule has 3 rings (SSSR count). The highest BCUT2D eigenvalue weighted by molar-refractivity contribution is 6.30. The molecule has 1 saturated carbocycles. The van der Waals surface area contributed by atoms with E-state index in [0.717, 1.165) is 34.1 Å². The second kappa shape index (κ2) is 6.46. The second-order valence-corrected chi connectivity index (χ2v) is 5.94. The van der Waals surface area contributed by atoms with Crippen molar-refractivity contribution in [2.75, 3.05) is 0 Å². The van der Waals surface area contributed by atoms with Gasteiger partial charge >= 0.3 is 0 Å². The topological polar surface area (TPSA) is 34.1 Å². The third-order valence-electron chi connectivity index (χ3n) is 3.52. The SMILES string of the molecule is Cc1cc(OCc2cccc(Cl)c2)c(CNC2CC2)cn1. The lowest BCUT2D eigenvalue weighted by Crippen LogP contribution is -2.16. The van der Waals surface area contributed by atoms with Crippen LogP contribution >= 0.6 is 11.6 Å². The Kier molecular flexibility index (Phi) is 4.42. The monoisotopic (exact) mass is 302 g/mol. The maximum atomic E-state index is 6.00. The number of pyridine rings is 1. The minimum Gasteiger partial charge on any atom is -0.488 e. The molecule has 110 valence electrons. The molecule has 4 heteroatoms. The Bertz CT molecular complexity index is 626. The molecule has 21 heavy (non-hydrogen) atoms. The molecular formula is C17H19ClN2O. The first-order valence-electron chi connectivity index (χ1n) is 7.27. The highest BCUT2D eigenvalue weighted by atomic mass is 35.5. The van der Waals surface area contributed by atoms with Gasteiger partial charge in [0.1, 0.15) is 12.4 Å². The van der Waals surface area contributed by atoms with E-state index in [-0.39, 0.29) is 0 Å². The van der Waals surface area contributed by atoms with Gasteiger partial charge in [0, 0.05) is 41.1 Å². The maximum Gasteiger partial charge on any atom is 0.127 e. The Hall–Kier alpha value is -1.58. The second-order valence-electron chi connectivity index (χ2n) is 5.51. The number of aromatic nitrogens is 1. The minimum absolute atomic E-state index is 0.514. The van der Waals surface area contributed by atoms with E-state index < -0.39 is 0 Å². The molecule has 2 aromatic rings. The number of halogens is 1. The van der Waals surface area contributed by atoms with Crippen molar-refractivity contribution in [3.63, 3.8) is 0 Å². The molecule has 3 nitrogen and oxygen atoms in total. The van der Waals surface area contributed by atoms with Crippen LogP contribution in [0.4, 0.5) is 0 Å². The van der Waals surface area contributed by atoms with E-state index in [2.05, 4.69) is 10.3 Å². The largest absolute Gasteiger partial charge is 0.488 e. The van der Waals surface area contributed by atoms with E-state index in [1.807, 2.05) is 43.5 Å². The average Bonchev–Trinajstić information content (AvgIpc) is 3.28. The van der Waals surface area contributed by atoms with E-state index in [0.29, 0.717) is 12.6 Å². The van der Waals surface area contributed by atoms with Gasteiger partial charge in [-0.2, -0.15) is 0 Å². The van der Waals surface area contributed by atoms with Crippen molar-refractivity contribution in [1.82, 2.24) is 10.3 Å². The summed E-state index contributed by atoms with van der Waals surface area (Å²) in [5.74, 6) is 0.899. The van der Waals surface area contributed by atoms with Gasteiger partial charge in [-0.25, -0.2) is 0 Å². The molecule has 0 radical (unpaired) electrons. The Morgan fingerprint density at radius 2 is 2.19 bits per heavy atom. The lowest BCUT2D eigenvalue weighted by Gasteiger charge is -2.13. The van der Waals surface area contributed by atoms with Crippen molar-refractivity contribution in [2.45, 2.75) is 39.0 Å². The first-order chi connectivity index (χ1) is 10.2. The van der Waals surface area contributed by atoms with Crippen molar-refractivity contribution in [1.29, 1.82) is 0 Å². The smallest absolute Gasteiger partial charge is 0.127 e. The maximum absolute atomic E-state index is 6.00. The Morgan fingerprint density at radius 3 is 2.95 bits per heavy atom. The summed E-state index contributed by atoms with van der Waals surface area (Å²) < 4.78 is 5.97. The Morgan fingerprint density at radius 1 is 1.33 bits per heavy atom. The summed E-state index contributed by atoms with van der Waals surface area (Å²) in [6, 6.07) is 10.4. The zero-order valence-corrected chi connectivity index (χ0v) is 12.9. The zero-order chi connectivity index (χ0) is 14.7. The van der Waals surface area contributed by atoms with Crippen LogP contribution in [0.2, 0.25) is 5.02 Å². The van der Waals surface area contributed by atoms with E-state index in [4.69, 9.17) is 16.3 Å². The molecule has 1 aromatic carbocycles. The Balaban J connectivity index is 1.68. The van der Waals surface area contributed by atoms with E-state index >= 15 is 0 Å². The molecule has 1 heterocycles. The number of hydrogen-bond donors (Lipinski definition) is 1. The molecule has 1 aliphatic rings. The lowest BCUT2D eigenvalue weighted by molar-refractivity contribution is 0.301. The third kappa shape index (κ3) is 4.19. The van der Waals surface area contributed by atoms with E-state index in [1.165, 1.54) is 12.8 Å². The molecule has 1 aromatic heterocycles. The van der Waals surface area contributed by atoms with E-state index in [9.17, 15) is 0 Å². The van der Waals surface area contributed by atoms with Gasteiger partial charge in [0.2, 0.25) is 0 Å². The van der Waals surface area contributed by atoms with Gasteiger partial charge in [-0.05, 0) is 37.5 Å². The van der Waals surface area contributed by atoms with Crippen molar-refractivity contribution >= 4 is 11.6 Å². The molecular weight excluding hydrogens is 284 g/mol. The fourth-order valence-electron chi connectivity index (χ4n) is 2.16. The number of hydrogen-bond acceptors (Lipinski definition) is 3. The number of aryl methyl sites for hydroxylation is 1. The highest BCUT2D eigenvalue weighted by Crippen LogP contribution is 2.24. The minimum atomic E-state index is 0.514. The summed E-state index contributed by atoms with van der Waals surface area (Å²) in [5.41, 5.74) is 3.14. The van der Waals surface area contributed by atoms with Crippen molar-refractivity contribution < 1.29 is 4.74 Å². The van der Waals surface area contributed by atoms with Crippen molar-refractivity contribution in [3.8, 4) is 5.75 Å². The number of rotatable bonds is 6. The molecule has 0 atom stereocenters. The van der Waals surface area contributed by atoms with Gasteiger partial charge in [0.15, 0.2) is 0 Å². The molecule has 0 spiro atoms. The first kappa shape index (κ1) is 14.4. The fraction of sp³-hybridized carbons (Fsp3) is 0.353. The first-order valence-corrected chi connectivity index (χ1v) is 7.64. The van der Waals surface area contributed by atoms with Crippen LogP contribution in [0.5, 0.6) is 5.75 Å². The fourth-order valence-corrected chi connectivity index (χ4v) is 2.37. The number of benzene rings is 1. The molecule has 0 amide bonds. The summed E-state index contributed by atoms with van der Waals surface area (Å²) in [5, 5.41) is 4.23. The van der Waals surface area contributed by atoms with Gasteiger partial charge in [0.05, 0.1) is 0 Å². The summed E-state index contributed by atoms with van der Waals surface area (Å²) in [7, 11) is 0. The van der Waals surface area contributed by atoms with Crippen LogP contribution < -0.4 is 10.1 Å². The summed E-state index contributed by atoms with van der Waals surface area (Å²) in [6.45, 7) is 3.30. The standard InChI is InChI=1S/C17H19ClN2O/c1-12-7-17(14(9-19-12)10-20-16-5-6-16)21-11-13-3-2-4-15(18)8-13/h2-4,7-9,16,20H,5-6,10-11H2,1H3. The van der Waals surface area contributed by atoms with Crippen LogP contribution in [0.3, 0.4) is 0 Å². The predicted molar refractivity (Wildman–Crippen MR) is 84.6 cm³/mol. The quantitative estimate of drug-likeness (QED) is 0.879. The lowest BCUT2D eigenvalue weighted by atomic mass is 10.2. The van der Waals surface area contributed by atoms with Gasteiger partial charge in [-0.15, -0.1) is 0 Å². The summed E-state index contributed by atoms with van der Waals surface area (Å²) in [6.07, 6.45) is 4.45. The molecule has 0 bridgehead atoms. The van der Waals surface area contributed by atoms with Crippen LogP contribution in [0.1, 0.15) is 29.7 Å². The molecule has 1 aliphatic carbocycles. The molecule has 0 saturated heterocycles. The predicted octanol–water partition coefficient (Wildman–Crippen LogP) is 3.87. The van der Waals surface area contributed by atoms with E-state index in [1.54, 1.807) is 0 Å². The van der Waals surface area contributed by atoms with Crippen LogP contribution in [-0.2, 0) is 13.2 Å². The summed E-state index contributed by atoms with van der Waals surface area (Å²) in [4.78, 5) is 4.37. The molecule has 1 fully saturated rings. The number of ether oxygens (including phenoxy) is 1.